The summed E-state index contributed by atoms with van der Waals surface area (Å²) in [4.78, 5) is 15.5. The van der Waals surface area contributed by atoms with Gasteiger partial charge < -0.3 is 10.1 Å². The van der Waals surface area contributed by atoms with Crippen molar-refractivity contribution in [2.45, 2.75) is 0 Å². The smallest absolute Gasteiger partial charge is 0.248 e. The summed E-state index contributed by atoms with van der Waals surface area (Å²) >= 11 is 0. The Morgan fingerprint density at radius 3 is 2.76 bits per heavy atom. The summed E-state index contributed by atoms with van der Waals surface area (Å²) < 4.78 is 9.31. The van der Waals surface area contributed by atoms with Crippen molar-refractivity contribution >= 4 is 17.2 Å². The van der Waals surface area contributed by atoms with E-state index in [1.807, 2.05) is 25.5 Å². The number of amides is 1. The minimum Gasteiger partial charge on any atom is -0.453 e. The van der Waals surface area contributed by atoms with Crippen LogP contribution in [0.1, 0.15) is 5.56 Å². The van der Waals surface area contributed by atoms with Gasteiger partial charge in [-0.25, -0.2) is 9.50 Å². The second-order valence-electron chi connectivity index (χ2n) is 6.13. The summed E-state index contributed by atoms with van der Waals surface area (Å²) in [7, 11) is 1.83. The SMILES string of the molecule is C=CC(=O)Nc1ccc(Oc2cc(-c3cnn(C)c3)cn3ncc(C#N)c23)cn1. The number of pyridine rings is 2. The lowest BCUT2D eigenvalue weighted by Gasteiger charge is -2.10. The molecule has 9 nitrogen and oxygen atoms in total. The van der Waals surface area contributed by atoms with Gasteiger partial charge >= 0.3 is 0 Å². The molecule has 0 radical (unpaired) electrons. The Morgan fingerprint density at radius 2 is 2.10 bits per heavy atom. The van der Waals surface area contributed by atoms with E-state index in [0.29, 0.717) is 28.4 Å². The number of rotatable bonds is 5. The normalized spacial score (nSPS) is 10.5. The Labute approximate surface area is 165 Å². The Bertz CT molecular complexity index is 1260. The Hall–Kier alpha value is -4.45. The highest BCUT2D eigenvalue weighted by Crippen LogP contribution is 2.33. The molecule has 0 saturated carbocycles. The maximum Gasteiger partial charge on any atom is 0.248 e. The third-order valence-electron chi connectivity index (χ3n) is 4.14. The van der Waals surface area contributed by atoms with Gasteiger partial charge in [-0.1, -0.05) is 6.58 Å². The van der Waals surface area contributed by atoms with Crippen LogP contribution in [0.5, 0.6) is 11.5 Å². The molecule has 1 amide bonds. The molecule has 0 spiro atoms. The zero-order valence-electron chi connectivity index (χ0n) is 15.4. The van der Waals surface area contributed by atoms with Crippen LogP contribution in [0.15, 0.2) is 61.8 Å². The molecule has 0 atom stereocenters. The molecule has 0 aliphatic heterocycles. The van der Waals surface area contributed by atoms with Crippen LogP contribution in [0, 0.1) is 11.3 Å². The maximum absolute atomic E-state index is 11.4. The first-order valence-electron chi connectivity index (χ1n) is 8.55. The first-order valence-corrected chi connectivity index (χ1v) is 8.55. The van der Waals surface area contributed by atoms with E-state index in [0.717, 1.165) is 17.2 Å². The predicted octanol–water partition coefficient (Wildman–Crippen LogP) is 2.92. The highest BCUT2D eigenvalue weighted by molar-refractivity contribution is 5.98. The summed E-state index contributed by atoms with van der Waals surface area (Å²) in [6, 6.07) is 7.23. The molecule has 4 rings (SSSR count). The van der Waals surface area contributed by atoms with Gasteiger partial charge in [0.15, 0.2) is 5.75 Å². The standard InChI is InChI=1S/C20H15N7O2/c1-3-19(28)25-18-5-4-16(10-22-18)29-17-6-13(15-9-23-26(2)11-15)12-27-20(17)14(7-21)8-24-27/h3-6,8-12H,1H2,2H3,(H,22,25,28). The van der Waals surface area contributed by atoms with E-state index in [9.17, 15) is 10.1 Å². The Morgan fingerprint density at radius 1 is 1.24 bits per heavy atom. The van der Waals surface area contributed by atoms with Gasteiger partial charge in [0.1, 0.15) is 28.7 Å². The number of nitrogens with one attached hydrogen (secondary N) is 1. The number of ether oxygens (including phenoxy) is 1. The fraction of sp³-hybridized carbons (Fsp3) is 0.0500. The van der Waals surface area contributed by atoms with Crippen molar-refractivity contribution in [1.82, 2.24) is 24.4 Å². The number of nitrogens with zero attached hydrogens (tertiary/aromatic N) is 6. The average Bonchev–Trinajstić information content (AvgIpc) is 3.35. The van der Waals surface area contributed by atoms with Crippen LogP contribution in [0.25, 0.3) is 16.6 Å². The first kappa shape index (κ1) is 17.9. The van der Waals surface area contributed by atoms with Gasteiger partial charge in [0, 0.05) is 30.6 Å². The monoisotopic (exact) mass is 385 g/mol. The van der Waals surface area contributed by atoms with Gasteiger partial charge in [0.05, 0.1) is 18.6 Å². The van der Waals surface area contributed by atoms with Crippen LogP contribution in [0.2, 0.25) is 0 Å². The van der Waals surface area contributed by atoms with E-state index in [4.69, 9.17) is 4.74 Å². The van der Waals surface area contributed by atoms with Gasteiger partial charge in [-0.2, -0.15) is 15.5 Å². The summed E-state index contributed by atoms with van der Waals surface area (Å²) in [5.74, 6) is 0.913. The molecule has 142 valence electrons. The van der Waals surface area contributed by atoms with Crippen LogP contribution < -0.4 is 10.1 Å². The number of carbonyl (C=O) groups is 1. The van der Waals surface area contributed by atoms with Crippen molar-refractivity contribution in [2.24, 2.45) is 7.05 Å². The van der Waals surface area contributed by atoms with Gasteiger partial charge in [-0.05, 0) is 24.3 Å². The van der Waals surface area contributed by atoms with Crippen molar-refractivity contribution in [3.63, 3.8) is 0 Å². The second-order valence-corrected chi connectivity index (χ2v) is 6.13. The third kappa shape index (κ3) is 3.54. The number of fused-ring (bicyclic) bond motifs is 1. The summed E-state index contributed by atoms with van der Waals surface area (Å²) in [5, 5.41) is 20.4. The van der Waals surface area contributed by atoms with Gasteiger partial charge in [0.25, 0.3) is 0 Å². The largest absolute Gasteiger partial charge is 0.453 e. The van der Waals surface area contributed by atoms with Crippen LogP contribution in [0.4, 0.5) is 5.82 Å². The molecule has 0 unspecified atom stereocenters. The molecule has 1 N–H and O–H groups in total. The molecule has 4 aromatic rings. The second kappa shape index (κ2) is 7.28. The number of anilines is 1. The molecular formula is C20H15N7O2. The number of aryl methyl sites for hydroxylation is 1. The van der Waals surface area contributed by atoms with Crippen molar-refractivity contribution in [3.05, 3.63) is 67.4 Å². The van der Waals surface area contributed by atoms with Gasteiger partial charge in [-0.3, -0.25) is 9.48 Å². The van der Waals surface area contributed by atoms with Crippen LogP contribution >= 0.6 is 0 Å². The highest BCUT2D eigenvalue weighted by Gasteiger charge is 2.15. The Kier molecular flexibility index (Phi) is 4.50. The summed E-state index contributed by atoms with van der Waals surface area (Å²) in [5.41, 5.74) is 2.65. The summed E-state index contributed by atoms with van der Waals surface area (Å²) in [6.07, 6.45) is 9.55. The van der Waals surface area contributed by atoms with Crippen molar-refractivity contribution < 1.29 is 9.53 Å². The average molecular weight is 385 g/mol. The molecule has 4 heterocycles. The van der Waals surface area contributed by atoms with Crippen LogP contribution in [-0.4, -0.2) is 30.3 Å². The van der Waals surface area contributed by atoms with E-state index in [1.54, 1.807) is 27.5 Å². The number of hydrogen-bond donors (Lipinski definition) is 1. The topological polar surface area (TPSA) is 110 Å². The van der Waals surface area contributed by atoms with E-state index >= 15 is 0 Å². The lowest BCUT2D eigenvalue weighted by Crippen LogP contribution is -2.08. The molecule has 0 saturated heterocycles. The van der Waals surface area contributed by atoms with E-state index < -0.39 is 0 Å². The van der Waals surface area contributed by atoms with Crippen molar-refractivity contribution in [2.75, 3.05) is 5.32 Å². The molecule has 29 heavy (non-hydrogen) atoms. The first-order chi connectivity index (χ1) is 14.1. The minimum atomic E-state index is -0.352. The predicted molar refractivity (Wildman–Crippen MR) is 105 cm³/mol. The van der Waals surface area contributed by atoms with Crippen molar-refractivity contribution in [1.29, 1.82) is 5.26 Å². The highest BCUT2D eigenvalue weighted by atomic mass is 16.5. The molecule has 0 aliphatic carbocycles. The maximum atomic E-state index is 11.4. The van der Waals surface area contributed by atoms with Crippen molar-refractivity contribution in [3.8, 4) is 28.7 Å². The quantitative estimate of drug-likeness (QED) is 0.529. The fourth-order valence-corrected chi connectivity index (χ4v) is 2.79. The fourth-order valence-electron chi connectivity index (χ4n) is 2.79. The molecular weight excluding hydrogens is 370 g/mol. The van der Waals surface area contributed by atoms with Gasteiger partial charge in [0.2, 0.25) is 5.91 Å². The number of carbonyl (C=O) groups excluding carboxylic acids is 1. The molecule has 0 aliphatic rings. The van der Waals surface area contributed by atoms with Crippen LogP contribution in [-0.2, 0) is 11.8 Å². The number of aromatic nitrogens is 5. The number of hydrogen-bond acceptors (Lipinski definition) is 6. The van der Waals surface area contributed by atoms with E-state index in [1.165, 1.54) is 12.4 Å². The van der Waals surface area contributed by atoms with E-state index in [-0.39, 0.29) is 5.91 Å². The lowest BCUT2D eigenvalue weighted by atomic mass is 10.1. The van der Waals surface area contributed by atoms with Gasteiger partial charge in [-0.15, -0.1) is 0 Å². The lowest BCUT2D eigenvalue weighted by molar-refractivity contribution is -0.111. The minimum absolute atomic E-state index is 0.352. The van der Waals surface area contributed by atoms with E-state index in [2.05, 4.69) is 33.1 Å². The zero-order chi connectivity index (χ0) is 20.4. The third-order valence-corrected chi connectivity index (χ3v) is 4.14. The Balaban J connectivity index is 1.73. The number of nitriles is 1. The molecule has 4 aromatic heterocycles. The molecule has 0 fully saturated rings. The zero-order valence-corrected chi connectivity index (χ0v) is 15.4. The summed E-state index contributed by atoms with van der Waals surface area (Å²) in [6.45, 7) is 3.40. The van der Waals surface area contributed by atoms with Crippen LogP contribution in [0.3, 0.4) is 0 Å². The molecule has 0 aromatic carbocycles. The molecule has 9 heteroatoms. The molecule has 0 bridgehead atoms.